The van der Waals surface area contributed by atoms with Crippen molar-refractivity contribution in [3.05, 3.63) is 87.9 Å². The second kappa shape index (κ2) is 10.0. The van der Waals surface area contributed by atoms with E-state index in [0.717, 1.165) is 16.8 Å². The first-order valence-electron chi connectivity index (χ1n) is 9.68. The van der Waals surface area contributed by atoms with Crippen LogP contribution in [-0.4, -0.2) is 17.7 Å². The molecular formula is C24H24ClNO4. The molecule has 0 bridgehead atoms. The number of carboxylic acids is 1. The molecular weight excluding hydrogens is 402 g/mol. The number of halogens is 1. The maximum Gasteiger partial charge on any atom is 0.336 e. The maximum atomic E-state index is 11.4. The Morgan fingerprint density at radius 1 is 1.03 bits per heavy atom. The van der Waals surface area contributed by atoms with Crippen molar-refractivity contribution < 1.29 is 19.4 Å². The van der Waals surface area contributed by atoms with Crippen LogP contribution in [0.1, 0.15) is 34.0 Å². The topological polar surface area (TPSA) is 67.8 Å². The first kappa shape index (κ1) is 21.5. The molecule has 0 unspecified atom stereocenters. The number of carbonyl (C=O) groups is 1. The number of hydrogen-bond donors (Lipinski definition) is 2. The summed E-state index contributed by atoms with van der Waals surface area (Å²) < 4.78 is 11.9. The van der Waals surface area contributed by atoms with Crippen LogP contribution in [0, 0.1) is 6.92 Å². The highest BCUT2D eigenvalue weighted by atomic mass is 35.5. The van der Waals surface area contributed by atoms with E-state index in [1.807, 2.05) is 55.5 Å². The summed E-state index contributed by atoms with van der Waals surface area (Å²) >= 11 is 5.96. The predicted octanol–water partition coefficient (Wildman–Crippen LogP) is 5.94. The molecule has 0 atom stereocenters. The van der Waals surface area contributed by atoms with Gasteiger partial charge in [0.05, 0.1) is 12.2 Å². The summed E-state index contributed by atoms with van der Waals surface area (Å²) in [5.41, 5.74) is 3.64. The molecule has 0 aromatic heterocycles. The van der Waals surface area contributed by atoms with Gasteiger partial charge in [0.25, 0.3) is 0 Å². The highest BCUT2D eigenvalue weighted by Gasteiger charge is 2.14. The average Bonchev–Trinajstić information content (AvgIpc) is 2.73. The Morgan fingerprint density at radius 2 is 1.77 bits per heavy atom. The lowest BCUT2D eigenvalue weighted by molar-refractivity contribution is 0.0696. The zero-order valence-corrected chi connectivity index (χ0v) is 17.7. The van der Waals surface area contributed by atoms with Crippen molar-refractivity contribution in [2.75, 3.05) is 11.9 Å². The first-order chi connectivity index (χ1) is 14.5. The molecule has 0 aliphatic rings. The predicted molar refractivity (Wildman–Crippen MR) is 119 cm³/mol. The van der Waals surface area contributed by atoms with Gasteiger partial charge in [-0.05, 0) is 55.3 Å². The summed E-state index contributed by atoms with van der Waals surface area (Å²) in [6.45, 7) is 5.07. The van der Waals surface area contributed by atoms with Crippen LogP contribution < -0.4 is 14.8 Å². The molecule has 2 N–H and O–H groups in total. The molecule has 0 spiro atoms. The van der Waals surface area contributed by atoms with Gasteiger partial charge in [-0.25, -0.2) is 4.79 Å². The van der Waals surface area contributed by atoms with E-state index < -0.39 is 5.97 Å². The largest absolute Gasteiger partial charge is 0.490 e. The Labute approximate surface area is 181 Å². The number of benzene rings is 3. The third-order valence-corrected chi connectivity index (χ3v) is 4.94. The van der Waals surface area contributed by atoms with Crippen LogP contribution in [0.2, 0.25) is 5.02 Å². The van der Waals surface area contributed by atoms with Crippen LogP contribution in [0.3, 0.4) is 0 Å². The van der Waals surface area contributed by atoms with Crippen molar-refractivity contribution in [2.24, 2.45) is 0 Å². The van der Waals surface area contributed by atoms with Gasteiger partial charge in [0, 0.05) is 22.8 Å². The van der Waals surface area contributed by atoms with Crippen LogP contribution in [-0.2, 0) is 13.2 Å². The van der Waals surface area contributed by atoms with E-state index in [1.54, 1.807) is 19.1 Å². The Bertz CT molecular complexity index is 1020. The average molecular weight is 426 g/mol. The van der Waals surface area contributed by atoms with Gasteiger partial charge in [0.1, 0.15) is 6.61 Å². The quantitative estimate of drug-likeness (QED) is 0.444. The zero-order valence-electron chi connectivity index (χ0n) is 16.9. The lowest BCUT2D eigenvalue weighted by atomic mass is 10.1. The lowest BCUT2D eigenvalue weighted by Crippen LogP contribution is -2.08. The zero-order chi connectivity index (χ0) is 21.5. The molecule has 0 amide bonds. The summed E-state index contributed by atoms with van der Waals surface area (Å²) in [6.07, 6.45) is 0. The molecule has 3 rings (SSSR count). The highest BCUT2D eigenvalue weighted by molar-refractivity contribution is 6.30. The fourth-order valence-corrected chi connectivity index (χ4v) is 3.24. The van der Waals surface area contributed by atoms with Crippen molar-refractivity contribution in [3.8, 4) is 11.5 Å². The van der Waals surface area contributed by atoms with Crippen molar-refractivity contribution in [1.29, 1.82) is 0 Å². The third-order valence-electron chi connectivity index (χ3n) is 4.69. The van der Waals surface area contributed by atoms with Crippen LogP contribution in [0.15, 0.2) is 60.7 Å². The molecule has 30 heavy (non-hydrogen) atoms. The molecule has 0 aliphatic heterocycles. The van der Waals surface area contributed by atoms with Crippen molar-refractivity contribution >= 4 is 23.3 Å². The summed E-state index contributed by atoms with van der Waals surface area (Å²) in [5.74, 6) is 0.386. The number of aromatic carboxylic acids is 1. The molecule has 0 saturated carbocycles. The number of nitrogens with one attached hydrogen (secondary N) is 1. The van der Waals surface area contributed by atoms with Crippen molar-refractivity contribution in [2.45, 2.75) is 27.0 Å². The molecule has 0 heterocycles. The Hall–Kier alpha value is -3.18. The number of ether oxygens (including phenoxy) is 2. The van der Waals surface area contributed by atoms with Gasteiger partial charge in [-0.2, -0.15) is 0 Å². The van der Waals surface area contributed by atoms with Crippen LogP contribution in [0.5, 0.6) is 11.5 Å². The van der Waals surface area contributed by atoms with Gasteiger partial charge < -0.3 is 19.9 Å². The Morgan fingerprint density at radius 3 is 2.47 bits per heavy atom. The molecule has 3 aromatic carbocycles. The standard InChI is InChI=1S/C24H24ClNO4/c1-3-29-22-9-4-6-18(23(22)30-15-17-10-12-19(25)13-11-17)14-26-21-8-5-7-20(16(21)2)24(27)28/h4-13,26H,3,14-15H2,1-2H3,(H,27,28). The minimum absolute atomic E-state index is 0.280. The molecule has 156 valence electrons. The number of hydrogen-bond acceptors (Lipinski definition) is 4. The molecule has 0 aliphatic carbocycles. The van der Waals surface area contributed by atoms with E-state index in [9.17, 15) is 9.90 Å². The minimum atomic E-state index is -0.943. The summed E-state index contributed by atoms with van der Waals surface area (Å²) in [5, 5.41) is 13.3. The van der Waals surface area contributed by atoms with Gasteiger partial charge in [-0.3, -0.25) is 0 Å². The van der Waals surface area contributed by atoms with Crippen molar-refractivity contribution in [1.82, 2.24) is 0 Å². The SMILES string of the molecule is CCOc1cccc(CNc2cccc(C(=O)O)c2C)c1OCc1ccc(Cl)cc1. The number of carboxylic acid groups (broad SMARTS) is 1. The highest BCUT2D eigenvalue weighted by Crippen LogP contribution is 2.33. The van der Waals surface area contributed by atoms with E-state index in [1.165, 1.54) is 0 Å². The molecule has 0 radical (unpaired) electrons. The normalized spacial score (nSPS) is 10.5. The Balaban J connectivity index is 1.82. The van der Waals surface area contributed by atoms with Gasteiger partial charge in [0.15, 0.2) is 11.5 Å². The van der Waals surface area contributed by atoms with Crippen LogP contribution >= 0.6 is 11.6 Å². The fraction of sp³-hybridized carbons (Fsp3) is 0.208. The Kier molecular flexibility index (Phi) is 7.20. The minimum Gasteiger partial charge on any atom is -0.490 e. The number of rotatable bonds is 9. The number of anilines is 1. The van der Waals surface area contributed by atoms with E-state index in [4.69, 9.17) is 21.1 Å². The van der Waals surface area contributed by atoms with Gasteiger partial charge >= 0.3 is 5.97 Å². The molecule has 5 nitrogen and oxygen atoms in total. The molecule has 6 heteroatoms. The van der Waals surface area contributed by atoms with Crippen molar-refractivity contribution in [3.63, 3.8) is 0 Å². The van der Waals surface area contributed by atoms with E-state index >= 15 is 0 Å². The molecule has 3 aromatic rings. The van der Waals surface area contributed by atoms with Crippen LogP contribution in [0.4, 0.5) is 5.69 Å². The smallest absolute Gasteiger partial charge is 0.336 e. The van der Waals surface area contributed by atoms with Gasteiger partial charge in [0.2, 0.25) is 0 Å². The van der Waals surface area contributed by atoms with E-state index in [0.29, 0.717) is 41.8 Å². The monoisotopic (exact) mass is 425 g/mol. The first-order valence-corrected chi connectivity index (χ1v) is 10.1. The number of para-hydroxylation sites is 1. The molecule has 0 fully saturated rings. The third kappa shape index (κ3) is 5.24. The molecule has 0 saturated heterocycles. The van der Waals surface area contributed by atoms with E-state index in [-0.39, 0.29) is 5.56 Å². The van der Waals surface area contributed by atoms with Gasteiger partial charge in [-0.1, -0.05) is 41.9 Å². The summed E-state index contributed by atoms with van der Waals surface area (Å²) in [4.78, 5) is 11.4. The second-order valence-electron chi connectivity index (χ2n) is 6.73. The van der Waals surface area contributed by atoms with Crippen LogP contribution in [0.25, 0.3) is 0 Å². The van der Waals surface area contributed by atoms with E-state index in [2.05, 4.69) is 5.32 Å². The second-order valence-corrected chi connectivity index (χ2v) is 7.17. The summed E-state index contributed by atoms with van der Waals surface area (Å²) in [6, 6.07) is 18.4. The summed E-state index contributed by atoms with van der Waals surface area (Å²) in [7, 11) is 0. The lowest BCUT2D eigenvalue weighted by Gasteiger charge is -2.18. The van der Waals surface area contributed by atoms with Gasteiger partial charge in [-0.15, -0.1) is 0 Å². The fourth-order valence-electron chi connectivity index (χ4n) is 3.12. The maximum absolute atomic E-state index is 11.4.